The fraction of sp³-hybridized carbons (Fsp3) is 0.500. The molecule has 0 heterocycles. The third-order valence-corrected chi connectivity index (χ3v) is 3.22. The standard InChI is InChI=1S/C12H18O2P/c1-2-3-10-14-15(13)11-9-12-7-5-4-6-8-12/h4-8H,2-3,9-11H2,1H3/q+1. The first-order valence-electron chi connectivity index (χ1n) is 5.44. The van der Waals surface area contributed by atoms with E-state index in [0.29, 0.717) is 12.8 Å². The summed E-state index contributed by atoms with van der Waals surface area (Å²) in [5.41, 5.74) is 1.22. The molecule has 0 bridgehead atoms. The summed E-state index contributed by atoms with van der Waals surface area (Å²) in [5.74, 6) is 0. The van der Waals surface area contributed by atoms with Crippen LogP contribution in [0.5, 0.6) is 0 Å². The molecule has 1 aromatic carbocycles. The molecule has 0 fully saturated rings. The van der Waals surface area contributed by atoms with E-state index in [9.17, 15) is 4.57 Å². The van der Waals surface area contributed by atoms with Gasteiger partial charge in [-0.3, -0.25) is 0 Å². The maximum absolute atomic E-state index is 11.4. The van der Waals surface area contributed by atoms with Crippen molar-refractivity contribution in [1.29, 1.82) is 0 Å². The van der Waals surface area contributed by atoms with Gasteiger partial charge in [0.2, 0.25) is 0 Å². The van der Waals surface area contributed by atoms with Crippen molar-refractivity contribution in [2.45, 2.75) is 26.2 Å². The number of unbranched alkanes of at least 4 members (excludes halogenated alkanes) is 1. The van der Waals surface area contributed by atoms with Crippen molar-refractivity contribution < 1.29 is 9.09 Å². The minimum absolute atomic E-state index is 0.625. The Morgan fingerprint density at radius 3 is 2.67 bits per heavy atom. The normalized spacial score (nSPS) is 11.4. The highest BCUT2D eigenvalue weighted by Gasteiger charge is 2.16. The van der Waals surface area contributed by atoms with E-state index in [1.807, 2.05) is 18.2 Å². The number of hydrogen-bond donors (Lipinski definition) is 0. The van der Waals surface area contributed by atoms with Gasteiger partial charge >= 0.3 is 8.03 Å². The minimum atomic E-state index is -1.47. The van der Waals surface area contributed by atoms with Crippen LogP contribution in [-0.4, -0.2) is 12.8 Å². The van der Waals surface area contributed by atoms with Crippen LogP contribution in [0.4, 0.5) is 0 Å². The summed E-state index contributed by atoms with van der Waals surface area (Å²) in [6, 6.07) is 10.1. The number of aryl methyl sites for hydroxylation is 1. The van der Waals surface area contributed by atoms with Gasteiger partial charge in [0.25, 0.3) is 0 Å². The molecule has 2 nitrogen and oxygen atoms in total. The van der Waals surface area contributed by atoms with Gasteiger partial charge in [0.15, 0.2) is 6.16 Å². The molecule has 1 aromatic rings. The Bertz CT molecular complexity index is 285. The summed E-state index contributed by atoms with van der Waals surface area (Å²) >= 11 is 0. The number of benzene rings is 1. The van der Waals surface area contributed by atoms with E-state index in [1.54, 1.807) is 0 Å². The quantitative estimate of drug-likeness (QED) is 0.521. The van der Waals surface area contributed by atoms with E-state index in [-0.39, 0.29) is 0 Å². The lowest BCUT2D eigenvalue weighted by atomic mass is 10.2. The van der Waals surface area contributed by atoms with Gasteiger partial charge in [-0.25, -0.2) is 0 Å². The Labute approximate surface area is 92.5 Å². The Morgan fingerprint density at radius 2 is 2.00 bits per heavy atom. The van der Waals surface area contributed by atoms with Crippen LogP contribution in [0, 0.1) is 0 Å². The summed E-state index contributed by atoms with van der Waals surface area (Å²) in [7, 11) is -1.47. The van der Waals surface area contributed by atoms with Crippen LogP contribution in [0.3, 0.4) is 0 Å². The maximum atomic E-state index is 11.4. The third-order valence-electron chi connectivity index (χ3n) is 2.16. The van der Waals surface area contributed by atoms with Crippen LogP contribution >= 0.6 is 8.03 Å². The highest BCUT2D eigenvalue weighted by Crippen LogP contribution is 2.23. The zero-order valence-corrected chi connectivity index (χ0v) is 10.1. The molecule has 0 amide bonds. The molecule has 0 N–H and O–H groups in total. The number of hydrogen-bond acceptors (Lipinski definition) is 2. The zero-order chi connectivity index (χ0) is 10.9. The average Bonchev–Trinajstić information content (AvgIpc) is 2.28. The predicted molar refractivity (Wildman–Crippen MR) is 63.5 cm³/mol. The Balaban J connectivity index is 2.17. The molecule has 0 spiro atoms. The van der Waals surface area contributed by atoms with E-state index < -0.39 is 8.03 Å². The zero-order valence-electron chi connectivity index (χ0n) is 9.19. The number of rotatable bonds is 7. The van der Waals surface area contributed by atoms with Gasteiger partial charge in [-0.05, 0) is 16.5 Å². The van der Waals surface area contributed by atoms with Gasteiger partial charge in [0.1, 0.15) is 6.61 Å². The second-order valence-corrected chi connectivity index (χ2v) is 4.85. The molecule has 82 valence electrons. The van der Waals surface area contributed by atoms with Gasteiger partial charge < -0.3 is 0 Å². The molecule has 0 aliphatic heterocycles. The highest BCUT2D eigenvalue weighted by atomic mass is 31.1. The van der Waals surface area contributed by atoms with E-state index in [2.05, 4.69) is 19.1 Å². The van der Waals surface area contributed by atoms with Crippen LogP contribution in [0.2, 0.25) is 0 Å². The van der Waals surface area contributed by atoms with Crippen molar-refractivity contribution in [3.8, 4) is 0 Å². The summed E-state index contributed by atoms with van der Waals surface area (Å²) in [6.45, 7) is 2.72. The molecule has 0 radical (unpaired) electrons. The largest absolute Gasteiger partial charge is 0.508 e. The second-order valence-electron chi connectivity index (χ2n) is 3.48. The molecule has 1 rings (SSSR count). The second kappa shape index (κ2) is 7.56. The van der Waals surface area contributed by atoms with Crippen LogP contribution < -0.4 is 0 Å². The Morgan fingerprint density at radius 1 is 1.27 bits per heavy atom. The van der Waals surface area contributed by atoms with Crippen LogP contribution in [0.15, 0.2) is 30.3 Å². The van der Waals surface area contributed by atoms with Crippen molar-refractivity contribution in [3.05, 3.63) is 35.9 Å². The minimum Gasteiger partial charge on any atom is -0.146 e. The molecule has 3 heteroatoms. The first-order chi connectivity index (χ1) is 7.33. The summed E-state index contributed by atoms with van der Waals surface area (Å²) < 4.78 is 16.6. The summed E-state index contributed by atoms with van der Waals surface area (Å²) in [5, 5.41) is 0. The van der Waals surface area contributed by atoms with Crippen molar-refractivity contribution in [2.24, 2.45) is 0 Å². The lowest BCUT2D eigenvalue weighted by Crippen LogP contribution is -1.91. The molecule has 15 heavy (non-hydrogen) atoms. The van der Waals surface area contributed by atoms with Gasteiger partial charge in [0.05, 0.1) is 0 Å². The fourth-order valence-corrected chi connectivity index (χ4v) is 2.14. The summed E-state index contributed by atoms with van der Waals surface area (Å²) in [6.07, 6.45) is 3.54. The van der Waals surface area contributed by atoms with Crippen LogP contribution in [0.1, 0.15) is 25.3 Å². The van der Waals surface area contributed by atoms with Gasteiger partial charge in [-0.15, -0.1) is 4.52 Å². The van der Waals surface area contributed by atoms with Gasteiger partial charge in [-0.2, -0.15) is 0 Å². The Kier molecular flexibility index (Phi) is 6.22. The van der Waals surface area contributed by atoms with Crippen LogP contribution in [-0.2, 0) is 15.5 Å². The average molecular weight is 225 g/mol. The molecule has 1 unspecified atom stereocenters. The van der Waals surface area contributed by atoms with Crippen molar-refractivity contribution in [2.75, 3.05) is 12.8 Å². The van der Waals surface area contributed by atoms with Crippen molar-refractivity contribution in [3.63, 3.8) is 0 Å². The summed E-state index contributed by atoms with van der Waals surface area (Å²) in [4.78, 5) is 0. The fourth-order valence-electron chi connectivity index (χ4n) is 1.24. The predicted octanol–water partition coefficient (Wildman–Crippen LogP) is 3.79. The van der Waals surface area contributed by atoms with Crippen LogP contribution in [0.25, 0.3) is 0 Å². The third kappa shape index (κ3) is 5.66. The molecule has 0 saturated carbocycles. The molecule has 0 saturated heterocycles. The lowest BCUT2D eigenvalue weighted by Gasteiger charge is -1.94. The van der Waals surface area contributed by atoms with Crippen molar-refractivity contribution in [1.82, 2.24) is 0 Å². The van der Waals surface area contributed by atoms with E-state index in [1.165, 1.54) is 5.56 Å². The maximum Gasteiger partial charge on any atom is 0.508 e. The van der Waals surface area contributed by atoms with E-state index in [4.69, 9.17) is 4.52 Å². The Hall–Kier alpha value is -0.720. The first kappa shape index (κ1) is 12.4. The van der Waals surface area contributed by atoms with E-state index >= 15 is 0 Å². The molecule has 0 aliphatic carbocycles. The lowest BCUT2D eigenvalue weighted by molar-refractivity contribution is 0.321. The van der Waals surface area contributed by atoms with Gasteiger partial charge in [-0.1, -0.05) is 43.7 Å². The smallest absolute Gasteiger partial charge is 0.146 e. The molecule has 0 aliphatic rings. The molecule has 0 aromatic heterocycles. The SMILES string of the molecule is CCCCO[P+](=O)CCc1ccccc1. The van der Waals surface area contributed by atoms with E-state index in [0.717, 1.165) is 19.3 Å². The molecular weight excluding hydrogens is 207 g/mol. The van der Waals surface area contributed by atoms with Gasteiger partial charge in [0, 0.05) is 6.42 Å². The highest BCUT2D eigenvalue weighted by molar-refractivity contribution is 7.39. The first-order valence-corrected chi connectivity index (χ1v) is 6.80. The molecular formula is C12H18O2P+. The topological polar surface area (TPSA) is 26.3 Å². The monoisotopic (exact) mass is 225 g/mol. The molecule has 1 atom stereocenters. The van der Waals surface area contributed by atoms with Crippen molar-refractivity contribution >= 4 is 8.03 Å².